The molecule has 2 heteroatoms. The number of phenols is 1. The fourth-order valence-corrected chi connectivity index (χ4v) is 2.08. The second kappa shape index (κ2) is 4.49. The minimum absolute atomic E-state index is 0.238. The second-order valence-electron chi connectivity index (χ2n) is 4.31. The van der Waals surface area contributed by atoms with Crippen LogP contribution in [-0.4, -0.2) is 10.1 Å². The Morgan fingerprint density at radius 1 is 0.833 bits per heavy atom. The minimum Gasteiger partial charge on any atom is -0.506 e. The normalized spacial score (nSPS) is 10.7. The summed E-state index contributed by atoms with van der Waals surface area (Å²) in [5.41, 5.74) is 2.86. The standard InChI is InChI=1S/C16H13NO/c18-15-8-4-7-13-9-10-14(17-16(13)15)11-12-5-2-1-3-6-12/h1-10,18H,11H2. The lowest BCUT2D eigenvalue weighted by Gasteiger charge is -2.04. The molecule has 2 aromatic carbocycles. The zero-order chi connectivity index (χ0) is 12.4. The zero-order valence-corrected chi connectivity index (χ0v) is 9.88. The molecule has 0 saturated heterocycles. The van der Waals surface area contributed by atoms with E-state index in [1.165, 1.54) is 5.56 Å². The Labute approximate surface area is 106 Å². The molecule has 88 valence electrons. The number of para-hydroxylation sites is 1. The molecule has 0 aliphatic rings. The van der Waals surface area contributed by atoms with E-state index in [0.717, 1.165) is 17.5 Å². The Balaban J connectivity index is 2.01. The van der Waals surface area contributed by atoms with E-state index in [2.05, 4.69) is 17.1 Å². The first kappa shape index (κ1) is 10.8. The molecule has 0 aliphatic heterocycles. The maximum Gasteiger partial charge on any atom is 0.141 e. The van der Waals surface area contributed by atoms with E-state index in [1.54, 1.807) is 6.07 Å². The van der Waals surface area contributed by atoms with Crippen molar-refractivity contribution in [2.75, 3.05) is 0 Å². The van der Waals surface area contributed by atoms with Crippen LogP contribution in [0.5, 0.6) is 5.75 Å². The minimum atomic E-state index is 0.238. The van der Waals surface area contributed by atoms with Crippen LogP contribution in [0.3, 0.4) is 0 Å². The molecule has 0 fully saturated rings. The number of aromatic nitrogens is 1. The first-order valence-corrected chi connectivity index (χ1v) is 5.94. The summed E-state index contributed by atoms with van der Waals surface area (Å²) in [6.07, 6.45) is 0.783. The highest BCUT2D eigenvalue weighted by atomic mass is 16.3. The van der Waals surface area contributed by atoms with Gasteiger partial charge in [0.25, 0.3) is 0 Å². The number of fused-ring (bicyclic) bond motifs is 1. The van der Waals surface area contributed by atoms with Crippen LogP contribution in [0.1, 0.15) is 11.3 Å². The molecule has 18 heavy (non-hydrogen) atoms. The summed E-state index contributed by atoms with van der Waals surface area (Å²) >= 11 is 0. The molecule has 0 radical (unpaired) electrons. The van der Waals surface area contributed by atoms with Gasteiger partial charge in [-0.05, 0) is 17.7 Å². The molecule has 0 spiro atoms. The van der Waals surface area contributed by atoms with E-state index >= 15 is 0 Å². The van der Waals surface area contributed by atoms with E-state index in [9.17, 15) is 5.11 Å². The van der Waals surface area contributed by atoms with Crippen molar-refractivity contribution in [1.29, 1.82) is 0 Å². The molecule has 0 amide bonds. The Hall–Kier alpha value is -2.35. The number of pyridine rings is 1. The van der Waals surface area contributed by atoms with Crippen molar-refractivity contribution in [3.8, 4) is 5.75 Å². The molecule has 0 aliphatic carbocycles. The molecule has 3 rings (SSSR count). The lowest BCUT2D eigenvalue weighted by molar-refractivity contribution is 0.480. The molecule has 0 unspecified atom stereocenters. The summed E-state index contributed by atoms with van der Waals surface area (Å²) in [6, 6.07) is 19.7. The lowest BCUT2D eigenvalue weighted by atomic mass is 10.1. The molecule has 1 aromatic heterocycles. The van der Waals surface area contributed by atoms with Crippen molar-refractivity contribution >= 4 is 10.9 Å². The highest BCUT2D eigenvalue weighted by Gasteiger charge is 2.03. The summed E-state index contributed by atoms with van der Waals surface area (Å²) in [5.74, 6) is 0.238. The topological polar surface area (TPSA) is 33.1 Å². The van der Waals surface area contributed by atoms with Gasteiger partial charge >= 0.3 is 0 Å². The average molecular weight is 235 g/mol. The summed E-state index contributed by atoms with van der Waals surface area (Å²) in [4.78, 5) is 4.52. The van der Waals surface area contributed by atoms with Gasteiger partial charge in [-0.2, -0.15) is 0 Å². The van der Waals surface area contributed by atoms with E-state index < -0.39 is 0 Å². The average Bonchev–Trinajstić information content (AvgIpc) is 2.41. The van der Waals surface area contributed by atoms with Crippen LogP contribution in [0.25, 0.3) is 10.9 Å². The van der Waals surface area contributed by atoms with Crippen molar-refractivity contribution in [3.63, 3.8) is 0 Å². The van der Waals surface area contributed by atoms with Gasteiger partial charge in [0.1, 0.15) is 11.3 Å². The third kappa shape index (κ3) is 2.05. The summed E-state index contributed by atoms with van der Waals surface area (Å²) in [7, 11) is 0. The summed E-state index contributed by atoms with van der Waals surface area (Å²) < 4.78 is 0. The van der Waals surface area contributed by atoms with Crippen molar-refractivity contribution in [2.45, 2.75) is 6.42 Å². The first-order valence-electron chi connectivity index (χ1n) is 5.94. The molecule has 0 atom stereocenters. The third-order valence-electron chi connectivity index (χ3n) is 2.98. The number of aromatic hydroxyl groups is 1. The van der Waals surface area contributed by atoms with Gasteiger partial charge in [-0.25, -0.2) is 4.98 Å². The second-order valence-corrected chi connectivity index (χ2v) is 4.31. The number of nitrogens with zero attached hydrogens (tertiary/aromatic N) is 1. The molecule has 1 N–H and O–H groups in total. The van der Waals surface area contributed by atoms with Gasteiger partial charge in [-0.3, -0.25) is 0 Å². The van der Waals surface area contributed by atoms with Gasteiger partial charge in [0.05, 0.1) is 0 Å². The van der Waals surface area contributed by atoms with Gasteiger partial charge < -0.3 is 5.11 Å². The third-order valence-corrected chi connectivity index (χ3v) is 2.98. The number of rotatable bonds is 2. The van der Waals surface area contributed by atoms with Crippen LogP contribution < -0.4 is 0 Å². The molecule has 2 nitrogen and oxygen atoms in total. The summed E-state index contributed by atoms with van der Waals surface area (Å²) in [5, 5.41) is 10.8. The van der Waals surface area contributed by atoms with Crippen LogP contribution in [0.15, 0.2) is 60.7 Å². The van der Waals surface area contributed by atoms with Crippen LogP contribution >= 0.6 is 0 Å². The van der Waals surface area contributed by atoms with Crippen LogP contribution in [0, 0.1) is 0 Å². The van der Waals surface area contributed by atoms with E-state index in [1.807, 2.05) is 42.5 Å². The van der Waals surface area contributed by atoms with Gasteiger partial charge in [0, 0.05) is 17.5 Å². The SMILES string of the molecule is Oc1cccc2ccc(Cc3ccccc3)nc12. The fraction of sp³-hybridized carbons (Fsp3) is 0.0625. The van der Waals surface area contributed by atoms with Crippen LogP contribution in [-0.2, 0) is 6.42 Å². The van der Waals surface area contributed by atoms with Crippen molar-refractivity contribution in [1.82, 2.24) is 4.98 Å². The van der Waals surface area contributed by atoms with Crippen molar-refractivity contribution in [2.24, 2.45) is 0 Å². The van der Waals surface area contributed by atoms with Gasteiger partial charge in [0.2, 0.25) is 0 Å². The predicted molar refractivity (Wildman–Crippen MR) is 72.7 cm³/mol. The summed E-state index contributed by atoms with van der Waals surface area (Å²) in [6.45, 7) is 0. The van der Waals surface area contributed by atoms with Crippen molar-refractivity contribution < 1.29 is 5.11 Å². The van der Waals surface area contributed by atoms with Gasteiger partial charge in [-0.15, -0.1) is 0 Å². The largest absolute Gasteiger partial charge is 0.506 e. The van der Waals surface area contributed by atoms with E-state index in [0.29, 0.717) is 5.52 Å². The molecule has 1 heterocycles. The molecular weight excluding hydrogens is 222 g/mol. The number of benzene rings is 2. The lowest BCUT2D eigenvalue weighted by Crippen LogP contribution is -1.92. The molecule has 0 saturated carbocycles. The number of phenolic OH excluding ortho intramolecular Hbond substituents is 1. The number of hydrogen-bond donors (Lipinski definition) is 1. The Morgan fingerprint density at radius 3 is 2.50 bits per heavy atom. The zero-order valence-electron chi connectivity index (χ0n) is 9.88. The maximum absolute atomic E-state index is 9.80. The van der Waals surface area contributed by atoms with E-state index in [-0.39, 0.29) is 5.75 Å². The fourth-order valence-electron chi connectivity index (χ4n) is 2.08. The molecule has 0 bridgehead atoms. The first-order chi connectivity index (χ1) is 8.83. The number of hydrogen-bond acceptors (Lipinski definition) is 2. The molecule has 3 aromatic rings. The van der Waals surface area contributed by atoms with Crippen LogP contribution in [0.2, 0.25) is 0 Å². The Bertz CT molecular complexity index is 677. The predicted octanol–water partition coefficient (Wildman–Crippen LogP) is 3.53. The smallest absolute Gasteiger partial charge is 0.141 e. The monoisotopic (exact) mass is 235 g/mol. The van der Waals surface area contributed by atoms with Gasteiger partial charge in [0.15, 0.2) is 0 Å². The van der Waals surface area contributed by atoms with E-state index in [4.69, 9.17) is 0 Å². The Kier molecular flexibility index (Phi) is 2.69. The van der Waals surface area contributed by atoms with Crippen LogP contribution in [0.4, 0.5) is 0 Å². The highest BCUT2D eigenvalue weighted by molar-refractivity contribution is 5.84. The van der Waals surface area contributed by atoms with Gasteiger partial charge in [-0.1, -0.05) is 48.5 Å². The Morgan fingerprint density at radius 2 is 1.67 bits per heavy atom. The quantitative estimate of drug-likeness (QED) is 0.737. The van der Waals surface area contributed by atoms with Crippen molar-refractivity contribution in [3.05, 3.63) is 71.9 Å². The highest BCUT2D eigenvalue weighted by Crippen LogP contribution is 2.23. The molecular formula is C16H13NO. The maximum atomic E-state index is 9.80.